The Balaban J connectivity index is 2.08. The topological polar surface area (TPSA) is 29.5 Å². The van der Waals surface area contributed by atoms with E-state index >= 15 is 0 Å². The molecule has 0 saturated heterocycles. The normalized spacial score (nSPS) is 19.3. The number of carbonyl (C=O) groups is 1. The Kier molecular flexibility index (Phi) is 7.13. The summed E-state index contributed by atoms with van der Waals surface area (Å²) in [6, 6.07) is 15.0. The van der Waals surface area contributed by atoms with Crippen molar-refractivity contribution in [2.24, 2.45) is 5.41 Å². The molecule has 0 N–H and O–H groups in total. The lowest BCUT2D eigenvalue weighted by molar-refractivity contribution is -0.104. The SMILES string of the molecule is CCCC1(C)CSc2cc(O/C=C/C=O)c(SC)cc2N(c2ccccc2)C1. The lowest BCUT2D eigenvalue weighted by atomic mass is 9.87. The first-order valence-electron chi connectivity index (χ1n) is 9.54. The number of hydrogen-bond acceptors (Lipinski definition) is 5. The highest BCUT2D eigenvalue weighted by Gasteiger charge is 2.32. The molecule has 3 nitrogen and oxygen atoms in total. The lowest BCUT2D eigenvalue weighted by Crippen LogP contribution is -2.33. The van der Waals surface area contributed by atoms with Crippen molar-refractivity contribution in [3.8, 4) is 5.75 Å². The number of ether oxygens (including phenoxy) is 1. The van der Waals surface area contributed by atoms with Crippen LogP contribution in [-0.2, 0) is 4.79 Å². The van der Waals surface area contributed by atoms with Crippen molar-refractivity contribution in [1.82, 2.24) is 0 Å². The number of allylic oxidation sites excluding steroid dienone is 1. The Morgan fingerprint density at radius 1 is 1.29 bits per heavy atom. The summed E-state index contributed by atoms with van der Waals surface area (Å²) in [5.74, 6) is 1.86. The van der Waals surface area contributed by atoms with Gasteiger partial charge in [0.2, 0.25) is 0 Å². The van der Waals surface area contributed by atoms with E-state index in [1.165, 1.54) is 41.4 Å². The van der Waals surface area contributed by atoms with E-state index in [1.807, 2.05) is 11.8 Å². The maximum absolute atomic E-state index is 10.6. The van der Waals surface area contributed by atoms with Crippen LogP contribution in [0.2, 0.25) is 0 Å². The number of carbonyl (C=O) groups excluding carboxylic acids is 1. The minimum Gasteiger partial charge on any atom is -0.464 e. The second kappa shape index (κ2) is 9.57. The molecule has 1 unspecified atom stereocenters. The molecule has 0 aromatic heterocycles. The third-order valence-electron chi connectivity index (χ3n) is 4.93. The number of nitrogens with zero attached hydrogens (tertiary/aromatic N) is 1. The largest absolute Gasteiger partial charge is 0.464 e. The minimum atomic E-state index is 0.228. The first kappa shape index (κ1) is 20.9. The molecule has 0 aliphatic carbocycles. The van der Waals surface area contributed by atoms with E-state index in [4.69, 9.17) is 4.74 Å². The van der Waals surface area contributed by atoms with E-state index in [-0.39, 0.29) is 5.41 Å². The van der Waals surface area contributed by atoms with E-state index in [9.17, 15) is 4.79 Å². The average molecular weight is 414 g/mol. The van der Waals surface area contributed by atoms with Crippen LogP contribution in [0.1, 0.15) is 26.7 Å². The predicted molar refractivity (Wildman–Crippen MR) is 121 cm³/mol. The fraction of sp³-hybridized carbons (Fsp3) is 0.348. The summed E-state index contributed by atoms with van der Waals surface area (Å²) in [4.78, 5) is 15.3. The molecular weight excluding hydrogens is 386 g/mol. The van der Waals surface area contributed by atoms with Gasteiger partial charge in [0.25, 0.3) is 0 Å². The Labute approximate surface area is 176 Å². The number of hydrogen-bond donors (Lipinski definition) is 0. The fourth-order valence-electron chi connectivity index (χ4n) is 3.61. The molecular formula is C23H27NO2S2. The molecule has 1 aliphatic heterocycles. The number of fused-ring (bicyclic) bond motifs is 1. The van der Waals surface area contributed by atoms with Gasteiger partial charge in [0.15, 0.2) is 0 Å². The molecule has 5 heteroatoms. The van der Waals surface area contributed by atoms with Crippen molar-refractivity contribution >= 4 is 41.2 Å². The molecule has 0 spiro atoms. The second-order valence-electron chi connectivity index (χ2n) is 7.32. The molecule has 28 heavy (non-hydrogen) atoms. The first-order valence-corrected chi connectivity index (χ1v) is 11.8. The van der Waals surface area contributed by atoms with Gasteiger partial charge in [-0.25, -0.2) is 0 Å². The van der Waals surface area contributed by atoms with E-state index < -0.39 is 0 Å². The van der Waals surface area contributed by atoms with Crippen molar-refractivity contribution in [1.29, 1.82) is 0 Å². The zero-order valence-corrected chi connectivity index (χ0v) is 18.3. The first-order chi connectivity index (χ1) is 13.6. The van der Waals surface area contributed by atoms with E-state index in [1.54, 1.807) is 11.8 Å². The van der Waals surface area contributed by atoms with Gasteiger partial charge in [-0.05, 0) is 42.4 Å². The third-order valence-corrected chi connectivity index (χ3v) is 7.16. The number of thioether (sulfide) groups is 2. The Morgan fingerprint density at radius 3 is 2.75 bits per heavy atom. The molecule has 0 fully saturated rings. The van der Waals surface area contributed by atoms with Crippen molar-refractivity contribution in [3.05, 3.63) is 54.8 Å². The molecule has 1 aliphatic rings. The van der Waals surface area contributed by atoms with Crippen LogP contribution in [0.5, 0.6) is 5.75 Å². The number of aldehydes is 1. The van der Waals surface area contributed by atoms with E-state index in [0.717, 1.165) is 29.2 Å². The molecule has 148 valence electrons. The summed E-state index contributed by atoms with van der Waals surface area (Å²) in [5.41, 5.74) is 2.67. The van der Waals surface area contributed by atoms with Gasteiger partial charge in [-0.2, -0.15) is 0 Å². The van der Waals surface area contributed by atoms with Crippen LogP contribution < -0.4 is 9.64 Å². The smallest absolute Gasteiger partial charge is 0.145 e. The summed E-state index contributed by atoms with van der Waals surface area (Å²) >= 11 is 3.56. The number of rotatable bonds is 7. The van der Waals surface area contributed by atoms with Gasteiger partial charge in [-0.3, -0.25) is 4.79 Å². The van der Waals surface area contributed by atoms with Crippen molar-refractivity contribution in [2.75, 3.05) is 23.5 Å². The highest BCUT2D eigenvalue weighted by Crippen LogP contribution is 2.48. The molecule has 0 amide bonds. The Bertz CT molecular complexity index is 838. The second-order valence-corrected chi connectivity index (χ2v) is 9.19. The molecule has 0 radical (unpaired) electrons. The van der Waals surface area contributed by atoms with E-state index in [0.29, 0.717) is 0 Å². The highest BCUT2D eigenvalue weighted by molar-refractivity contribution is 7.99. The summed E-state index contributed by atoms with van der Waals surface area (Å²) in [7, 11) is 0. The monoisotopic (exact) mass is 413 g/mol. The van der Waals surface area contributed by atoms with Crippen molar-refractivity contribution in [2.45, 2.75) is 36.5 Å². The number of para-hydroxylation sites is 1. The van der Waals surface area contributed by atoms with Gasteiger partial charge >= 0.3 is 0 Å². The van der Waals surface area contributed by atoms with Gasteiger partial charge in [0, 0.05) is 29.0 Å². The lowest BCUT2D eigenvalue weighted by Gasteiger charge is -2.34. The van der Waals surface area contributed by atoms with Gasteiger partial charge in [-0.1, -0.05) is 38.5 Å². The zero-order valence-electron chi connectivity index (χ0n) is 16.7. The summed E-state index contributed by atoms with van der Waals surface area (Å²) < 4.78 is 5.75. The van der Waals surface area contributed by atoms with Gasteiger partial charge < -0.3 is 9.64 Å². The summed E-state index contributed by atoms with van der Waals surface area (Å²) in [6.45, 7) is 5.65. The molecule has 2 aromatic carbocycles. The van der Waals surface area contributed by atoms with Gasteiger partial charge in [0.05, 0.1) is 16.8 Å². The van der Waals surface area contributed by atoms with Crippen molar-refractivity contribution < 1.29 is 9.53 Å². The maximum Gasteiger partial charge on any atom is 0.145 e. The van der Waals surface area contributed by atoms with E-state index in [2.05, 4.69) is 67.5 Å². The quantitative estimate of drug-likeness (QED) is 0.222. The van der Waals surface area contributed by atoms with Gasteiger partial charge in [0.1, 0.15) is 12.0 Å². The van der Waals surface area contributed by atoms with Crippen LogP contribution in [0.25, 0.3) is 0 Å². The Hall–Kier alpha value is -1.85. The third kappa shape index (κ3) is 4.76. The zero-order chi connectivity index (χ0) is 20.0. The van der Waals surface area contributed by atoms with Crippen LogP contribution in [-0.4, -0.2) is 24.8 Å². The molecule has 1 heterocycles. The van der Waals surface area contributed by atoms with Crippen LogP contribution in [0.15, 0.2) is 64.6 Å². The fourth-order valence-corrected chi connectivity index (χ4v) is 5.40. The highest BCUT2D eigenvalue weighted by atomic mass is 32.2. The molecule has 2 aromatic rings. The molecule has 0 bridgehead atoms. The minimum absolute atomic E-state index is 0.228. The molecule has 3 rings (SSSR count). The molecule has 1 atom stereocenters. The van der Waals surface area contributed by atoms with Crippen LogP contribution in [0.3, 0.4) is 0 Å². The van der Waals surface area contributed by atoms with Crippen LogP contribution >= 0.6 is 23.5 Å². The van der Waals surface area contributed by atoms with Crippen molar-refractivity contribution in [3.63, 3.8) is 0 Å². The average Bonchev–Trinajstić information content (AvgIpc) is 2.85. The molecule has 0 saturated carbocycles. The van der Waals surface area contributed by atoms with Crippen LogP contribution in [0.4, 0.5) is 11.4 Å². The summed E-state index contributed by atoms with van der Waals surface area (Å²) in [5, 5.41) is 0. The van der Waals surface area contributed by atoms with Gasteiger partial charge in [-0.15, -0.1) is 23.5 Å². The standard InChI is InChI=1S/C23H27NO2S2/c1-4-11-23(2)16-24(18-9-6-5-7-10-18)19-14-22(27-3)20(26-13-8-12-25)15-21(19)28-17-23/h5-10,12-15H,4,11,16-17H2,1-3H3/b13-8+. The predicted octanol–water partition coefficient (Wildman–Crippen LogP) is 6.55. The number of benzene rings is 2. The summed E-state index contributed by atoms with van der Waals surface area (Å²) in [6.07, 6.45) is 7.97. The van der Waals surface area contributed by atoms with Crippen LogP contribution in [0, 0.1) is 5.41 Å². The Morgan fingerprint density at radius 2 is 2.07 bits per heavy atom. The maximum atomic E-state index is 10.6. The number of anilines is 2.